The molecule has 2 N–H and O–H groups in total. The molecule has 172 valence electrons. The average Bonchev–Trinajstić information content (AvgIpc) is 3.29. The number of pyridine rings is 1. The van der Waals surface area contributed by atoms with E-state index in [9.17, 15) is 4.79 Å². The second-order valence-electron chi connectivity index (χ2n) is 8.54. The van der Waals surface area contributed by atoms with E-state index in [-0.39, 0.29) is 5.56 Å². The lowest BCUT2D eigenvalue weighted by Gasteiger charge is -2.25. The highest BCUT2D eigenvalue weighted by molar-refractivity contribution is 5.79. The summed E-state index contributed by atoms with van der Waals surface area (Å²) < 4.78 is 1.71. The van der Waals surface area contributed by atoms with Crippen LogP contribution in [-0.2, 0) is 19.6 Å². The van der Waals surface area contributed by atoms with Gasteiger partial charge in [-0.3, -0.25) is 14.7 Å². The molecule has 0 bridgehead atoms. The Kier molecular flexibility index (Phi) is 7.93. The fourth-order valence-electron chi connectivity index (χ4n) is 4.32. The fourth-order valence-corrected chi connectivity index (χ4v) is 4.32. The van der Waals surface area contributed by atoms with Gasteiger partial charge in [0.1, 0.15) is 0 Å². The molecule has 1 aliphatic heterocycles. The first kappa shape index (κ1) is 22.8. The number of aliphatic imine (C=N–C) groups is 1. The van der Waals surface area contributed by atoms with Crippen molar-refractivity contribution in [2.45, 2.75) is 38.5 Å². The number of nitrogens with zero attached hydrogens (tertiary/aromatic N) is 3. The number of hydrogen-bond donors (Lipinski definition) is 2. The number of guanidine groups is 1. The predicted molar refractivity (Wildman–Crippen MR) is 134 cm³/mol. The zero-order valence-electron chi connectivity index (χ0n) is 19.3. The molecule has 6 nitrogen and oxygen atoms in total. The maximum atomic E-state index is 11.9. The molecule has 4 rings (SSSR count). The van der Waals surface area contributed by atoms with Crippen LogP contribution in [0.15, 0.2) is 88.8 Å². The van der Waals surface area contributed by atoms with Crippen LogP contribution in [0.1, 0.15) is 29.5 Å². The van der Waals surface area contributed by atoms with Crippen LogP contribution < -0.4 is 16.2 Å². The standard InChI is InChI=1S/C27H33N5O/c1-28-27(30-19-25-10-7-17-31(25)20-23-8-3-2-4-9-23)29-18-22-12-14-24(15-13-22)21-32-16-6-5-11-26(32)33/h2-6,8-9,11-16,25H,7,10,17-21H2,1H3,(H2,28,29,30). The first-order valence-corrected chi connectivity index (χ1v) is 11.7. The molecular formula is C27H33N5O. The van der Waals surface area contributed by atoms with Crippen molar-refractivity contribution >= 4 is 5.96 Å². The quantitative estimate of drug-likeness (QED) is 0.415. The summed E-state index contributed by atoms with van der Waals surface area (Å²) in [6.45, 7) is 4.31. The van der Waals surface area contributed by atoms with E-state index in [0.29, 0.717) is 19.1 Å². The van der Waals surface area contributed by atoms with Gasteiger partial charge in [-0.2, -0.15) is 0 Å². The Bertz CT molecular complexity index is 1090. The molecule has 0 saturated carbocycles. The van der Waals surface area contributed by atoms with Crippen LogP contribution in [0.25, 0.3) is 0 Å². The van der Waals surface area contributed by atoms with Gasteiger partial charge >= 0.3 is 0 Å². The number of benzene rings is 2. The van der Waals surface area contributed by atoms with Gasteiger partial charge < -0.3 is 15.2 Å². The van der Waals surface area contributed by atoms with E-state index in [1.807, 2.05) is 19.3 Å². The molecule has 2 aromatic carbocycles. The van der Waals surface area contributed by atoms with Crippen LogP contribution in [0, 0.1) is 0 Å². The molecular weight excluding hydrogens is 410 g/mol. The van der Waals surface area contributed by atoms with Gasteiger partial charge in [0, 0.05) is 45.0 Å². The monoisotopic (exact) mass is 443 g/mol. The van der Waals surface area contributed by atoms with Crippen molar-refractivity contribution in [3.05, 3.63) is 106 Å². The van der Waals surface area contributed by atoms with E-state index < -0.39 is 0 Å². The minimum Gasteiger partial charge on any atom is -0.355 e. The molecule has 2 heterocycles. The zero-order chi connectivity index (χ0) is 22.9. The van der Waals surface area contributed by atoms with Gasteiger partial charge in [0.05, 0.1) is 6.54 Å². The molecule has 6 heteroatoms. The number of hydrogen-bond acceptors (Lipinski definition) is 3. The van der Waals surface area contributed by atoms with Crippen LogP contribution in [0.5, 0.6) is 0 Å². The van der Waals surface area contributed by atoms with Crippen molar-refractivity contribution in [2.24, 2.45) is 4.99 Å². The Hall–Kier alpha value is -3.38. The van der Waals surface area contributed by atoms with Gasteiger partial charge in [-0.25, -0.2) is 0 Å². The van der Waals surface area contributed by atoms with Crippen molar-refractivity contribution in [1.82, 2.24) is 20.1 Å². The van der Waals surface area contributed by atoms with Crippen LogP contribution in [0.2, 0.25) is 0 Å². The third kappa shape index (κ3) is 6.56. The number of rotatable bonds is 8. The molecule has 3 aromatic rings. The first-order chi connectivity index (χ1) is 16.2. The number of likely N-dealkylation sites (tertiary alicyclic amines) is 1. The van der Waals surface area contributed by atoms with Gasteiger partial charge in [0.15, 0.2) is 5.96 Å². The number of aromatic nitrogens is 1. The summed E-state index contributed by atoms with van der Waals surface area (Å²) in [5.41, 5.74) is 3.66. The Morgan fingerprint density at radius 1 is 0.909 bits per heavy atom. The Morgan fingerprint density at radius 3 is 2.39 bits per heavy atom. The summed E-state index contributed by atoms with van der Waals surface area (Å²) in [5, 5.41) is 6.92. The van der Waals surface area contributed by atoms with Gasteiger partial charge in [-0.1, -0.05) is 60.7 Å². The summed E-state index contributed by atoms with van der Waals surface area (Å²) >= 11 is 0. The average molecular weight is 444 g/mol. The molecule has 1 aromatic heterocycles. The predicted octanol–water partition coefficient (Wildman–Crippen LogP) is 3.23. The third-order valence-electron chi connectivity index (χ3n) is 6.19. The summed E-state index contributed by atoms with van der Waals surface area (Å²) in [6.07, 6.45) is 4.27. The van der Waals surface area contributed by atoms with Crippen molar-refractivity contribution in [3.63, 3.8) is 0 Å². The van der Waals surface area contributed by atoms with Crippen LogP contribution in [0.3, 0.4) is 0 Å². The third-order valence-corrected chi connectivity index (χ3v) is 6.19. The molecule has 1 unspecified atom stereocenters. The second kappa shape index (κ2) is 11.5. The Balaban J connectivity index is 1.24. The van der Waals surface area contributed by atoms with Crippen molar-refractivity contribution in [1.29, 1.82) is 0 Å². The Labute approximate surface area is 196 Å². The van der Waals surface area contributed by atoms with Crippen molar-refractivity contribution in [2.75, 3.05) is 20.1 Å². The summed E-state index contributed by atoms with van der Waals surface area (Å²) in [4.78, 5) is 18.9. The largest absolute Gasteiger partial charge is 0.355 e. The maximum Gasteiger partial charge on any atom is 0.250 e. The van der Waals surface area contributed by atoms with E-state index in [4.69, 9.17) is 0 Å². The topological polar surface area (TPSA) is 61.7 Å². The van der Waals surface area contributed by atoms with Gasteiger partial charge in [-0.05, 0) is 42.1 Å². The highest BCUT2D eigenvalue weighted by Gasteiger charge is 2.24. The minimum absolute atomic E-state index is 0.0164. The van der Waals surface area contributed by atoms with E-state index >= 15 is 0 Å². The lowest BCUT2D eigenvalue weighted by atomic mass is 10.1. The summed E-state index contributed by atoms with van der Waals surface area (Å²) in [5.74, 6) is 0.821. The van der Waals surface area contributed by atoms with E-state index in [1.165, 1.54) is 24.0 Å². The van der Waals surface area contributed by atoms with Gasteiger partial charge in [0.2, 0.25) is 0 Å². The Morgan fingerprint density at radius 2 is 1.64 bits per heavy atom. The summed E-state index contributed by atoms with van der Waals surface area (Å²) in [7, 11) is 1.81. The smallest absolute Gasteiger partial charge is 0.250 e. The fraction of sp³-hybridized carbons (Fsp3) is 0.333. The highest BCUT2D eigenvalue weighted by atomic mass is 16.1. The lowest BCUT2D eigenvalue weighted by molar-refractivity contribution is 0.245. The molecule has 1 atom stereocenters. The normalized spacial score (nSPS) is 16.6. The first-order valence-electron chi connectivity index (χ1n) is 11.7. The highest BCUT2D eigenvalue weighted by Crippen LogP contribution is 2.19. The molecule has 0 aliphatic carbocycles. The zero-order valence-corrected chi connectivity index (χ0v) is 19.3. The van der Waals surface area contributed by atoms with Gasteiger partial charge in [0.25, 0.3) is 5.56 Å². The number of nitrogens with one attached hydrogen (secondary N) is 2. The molecule has 0 amide bonds. The van der Waals surface area contributed by atoms with E-state index in [2.05, 4.69) is 75.1 Å². The molecule has 1 fully saturated rings. The van der Waals surface area contributed by atoms with E-state index in [0.717, 1.165) is 31.2 Å². The molecule has 33 heavy (non-hydrogen) atoms. The van der Waals surface area contributed by atoms with E-state index in [1.54, 1.807) is 16.7 Å². The second-order valence-corrected chi connectivity index (χ2v) is 8.54. The summed E-state index contributed by atoms with van der Waals surface area (Å²) in [6, 6.07) is 24.8. The SMILES string of the molecule is CN=C(NCc1ccc(Cn2ccccc2=O)cc1)NCC1CCCN1Cc1ccccc1. The maximum absolute atomic E-state index is 11.9. The van der Waals surface area contributed by atoms with Gasteiger partial charge in [-0.15, -0.1) is 0 Å². The lowest BCUT2D eigenvalue weighted by Crippen LogP contribution is -2.44. The van der Waals surface area contributed by atoms with Crippen molar-refractivity contribution < 1.29 is 0 Å². The minimum atomic E-state index is 0.0164. The van der Waals surface area contributed by atoms with Crippen LogP contribution >= 0.6 is 0 Å². The molecule has 0 radical (unpaired) electrons. The molecule has 0 spiro atoms. The molecule has 1 aliphatic rings. The molecule has 1 saturated heterocycles. The van der Waals surface area contributed by atoms with Crippen molar-refractivity contribution in [3.8, 4) is 0 Å². The van der Waals surface area contributed by atoms with Crippen LogP contribution in [0.4, 0.5) is 0 Å². The van der Waals surface area contributed by atoms with Crippen LogP contribution in [-0.4, -0.2) is 41.6 Å².